The van der Waals surface area contributed by atoms with E-state index in [2.05, 4.69) is 0 Å². The Morgan fingerprint density at radius 1 is 1.16 bits per heavy atom. The molecule has 19 heavy (non-hydrogen) atoms. The number of hydrogen-bond donors (Lipinski definition) is 0. The van der Waals surface area contributed by atoms with Crippen LogP contribution in [-0.4, -0.2) is 25.2 Å². The van der Waals surface area contributed by atoms with Gasteiger partial charge in [0.2, 0.25) is 0 Å². The second-order valence-electron chi connectivity index (χ2n) is 4.78. The summed E-state index contributed by atoms with van der Waals surface area (Å²) in [6.45, 7) is 4.89. The molecule has 0 N–H and O–H groups in total. The Kier molecular flexibility index (Phi) is 4.79. The number of rotatable bonds is 5. The lowest BCUT2D eigenvalue weighted by atomic mass is 10.1. The minimum Gasteiger partial charge on any atom is -0.293 e. The van der Waals surface area contributed by atoms with E-state index in [1.54, 1.807) is 13.8 Å². The van der Waals surface area contributed by atoms with Crippen LogP contribution >= 0.6 is 0 Å². The van der Waals surface area contributed by atoms with Crippen molar-refractivity contribution < 1.29 is 22.0 Å². The van der Waals surface area contributed by atoms with Crippen LogP contribution in [0.4, 0.5) is 8.78 Å². The van der Waals surface area contributed by atoms with Crippen LogP contribution in [0.25, 0.3) is 0 Å². The Morgan fingerprint density at radius 3 is 2.05 bits per heavy atom. The van der Waals surface area contributed by atoms with Gasteiger partial charge in [-0.2, -0.15) is 0 Å². The lowest BCUT2D eigenvalue weighted by Crippen LogP contribution is -2.30. The van der Waals surface area contributed by atoms with Gasteiger partial charge in [0.1, 0.15) is 17.4 Å². The normalized spacial score (nSPS) is 13.6. The molecule has 106 valence electrons. The molecule has 0 saturated carbocycles. The van der Waals surface area contributed by atoms with Gasteiger partial charge in [-0.3, -0.25) is 4.79 Å². The maximum absolute atomic E-state index is 13.4. The van der Waals surface area contributed by atoms with E-state index in [1.165, 1.54) is 6.92 Å². The predicted octanol–water partition coefficient (Wildman–Crippen LogP) is 2.61. The number of carbonyl (C=O) groups excluding carboxylic acids is 1. The van der Waals surface area contributed by atoms with E-state index in [9.17, 15) is 22.0 Å². The summed E-state index contributed by atoms with van der Waals surface area (Å²) in [6.07, 6.45) is 0. The highest BCUT2D eigenvalue weighted by molar-refractivity contribution is 7.92. The molecule has 1 unspecified atom stereocenters. The van der Waals surface area contributed by atoms with Gasteiger partial charge < -0.3 is 0 Å². The summed E-state index contributed by atoms with van der Waals surface area (Å²) in [5, 5.41) is -0.744. The third kappa shape index (κ3) is 3.59. The third-order valence-corrected chi connectivity index (χ3v) is 5.42. The van der Waals surface area contributed by atoms with Crippen LogP contribution in [0.1, 0.15) is 31.1 Å². The van der Waals surface area contributed by atoms with Crippen molar-refractivity contribution in [2.45, 2.75) is 26.0 Å². The Balaban J connectivity index is 3.05. The molecule has 1 rings (SSSR count). The zero-order valence-electron chi connectivity index (χ0n) is 11.0. The van der Waals surface area contributed by atoms with Crippen LogP contribution in [0, 0.1) is 17.6 Å². The minimum atomic E-state index is -3.72. The average Bonchev–Trinajstić information content (AvgIpc) is 2.26. The number of Topliss-reactive ketones (excluding diaryl/α,β-unsaturated/α-hetero) is 1. The largest absolute Gasteiger partial charge is 0.293 e. The number of halogens is 2. The van der Waals surface area contributed by atoms with Crippen molar-refractivity contribution in [1.29, 1.82) is 0 Å². The van der Waals surface area contributed by atoms with Gasteiger partial charge in [0.15, 0.2) is 15.6 Å². The van der Waals surface area contributed by atoms with E-state index >= 15 is 0 Å². The molecular weight excluding hydrogens is 274 g/mol. The van der Waals surface area contributed by atoms with E-state index < -0.39 is 43.8 Å². The molecule has 0 radical (unpaired) electrons. The van der Waals surface area contributed by atoms with Crippen LogP contribution < -0.4 is 0 Å². The Hall–Kier alpha value is -1.30. The number of hydrogen-bond acceptors (Lipinski definition) is 3. The minimum absolute atomic E-state index is 0.178. The second-order valence-corrected chi connectivity index (χ2v) is 7.13. The van der Waals surface area contributed by atoms with E-state index in [1.807, 2.05) is 0 Å². The van der Waals surface area contributed by atoms with E-state index in [0.717, 1.165) is 18.2 Å². The summed E-state index contributed by atoms with van der Waals surface area (Å²) in [6, 6.07) is 2.97. The fourth-order valence-electron chi connectivity index (χ4n) is 1.57. The van der Waals surface area contributed by atoms with E-state index in [0.29, 0.717) is 0 Å². The Labute approximate surface area is 111 Å². The average molecular weight is 290 g/mol. The lowest BCUT2D eigenvalue weighted by molar-refractivity contribution is 0.101. The van der Waals surface area contributed by atoms with Crippen molar-refractivity contribution in [3.63, 3.8) is 0 Å². The fourth-order valence-corrected chi connectivity index (χ4v) is 3.17. The molecule has 3 nitrogen and oxygen atoms in total. The predicted molar refractivity (Wildman–Crippen MR) is 68.8 cm³/mol. The fraction of sp³-hybridized carbons (Fsp3) is 0.462. The van der Waals surface area contributed by atoms with Gasteiger partial charge in [-0.1, -0.05) is 19.9 Å². The molecule has 1 aromatic carbocycles. The van der Waals surface area contributed by atoms with Gasteiger partial charge in [-0.15, -0.1) is 0 Å². The Morgan fingerprint density at radius 2 is 1.63 bits per heavy atom. The first-order chi connectivity index (χ1) is 8.66. The molecule has 0 saturated heterocycles. The van der Waals surface area contributed by atoms with Crippen molar-refractivity contribution in [3.8, 4) is 0 Å². The quantitative estimate of drug-likeness (QED) is 0.783. The molecule has 0 aliphatic rings. The molecule has 1 aromatic rings. The van der Waals surface area contributed by atoms with Gasteiger partial charge in [-0.05, 0) is 25.0 Å². The molecule has 0 fully saturated rings. The van der Waals surface area contributed by atoms with Crippen LogP contribution in [0.15, 0.2) is 18.2 Å². The molecule has 0 heterocycles. The van der Waals surface area contributed by atoms with Gasteiger partial charge in [0.05, 0.1) is 10.8 Å². The maximum atomic E-state index is 13.4. The maximum Gasteiger partial charge on any atom is 0.183 e. The molecule has 0 aliphatic carbocycles. The van der Waals surface area contributed by atoms with Crippen LogP contribution in [0.3, 0.4) is 0 Å². The molecule has 6 heteroatoms. The zero-order valence-corrected chi connectivity index (χ0v) is 11.8. The van der Waals surface area contributed by atoms with Gasteiger partial charge in [-0.25, -0.2) is 17.2 Å². The van der Waals surface area contributed by atoms with Crippen molar-refractivity contribution in [2.24, 2.45) is 5.92 Å². The van der Waals surface area contributed by atoms with Crippen molar-refractivity contribution in [3.05, 3.63) is 35.4 Å². The monoisotopic (exact) mass is 290 g/mol. The van der Waals surface area contributed by atoms with Crippen molar-refractivity contribution in [1.82, 2.24) is 0 Å². The molecule has 0 aromatic heterocycles. The van der Waals surface area contributed by atoms with Crippen LogP contribution in [-0.2, 0) is 9.84 Å². The summed E-state index contributed by atoms with van der Waals surface area (Å²) in [5.41, 5.74) is -0.790. The van der Waals surface area contributed by atoms with E-state index in [-0.39, 0.29) is 5.92 Å². The van der Waals surface area contributed by atoms with Gasteiger partial charge in [0.25, 0.3) is 0 Å². The summed E-state index contributed by atoms with van der Waals surface area (Å²) in [5.74, 6) is -4.20. The summed E-state index contributed by atoms with van der Waals surface area (Å²) < 4.78 is 50.6. The standard InChI is InChI=1S/C13H16F2O3S/c1-8(2)9(3)19(17,18)7-12(16)13-10(14)5-4-6-11(13)15/h4-6,8-9H,7H2,1-3H3. The third-order valence-electron chi connectivity index (χ3n) is 3.08. The molecule has 0 spiro atoms. The van der Waals surface area contributed by atoms with Gasteiger partial charge >= 0.3 is 0 Å². The molecule has 0 aliphatic heterocycles. The molecule has 1 atom stereocenters. The summed E-state index contributed by atoms with van der Waals surface area (Å²) >= 11 is 0. The highest BCUT2D eigenvalue weighted by Gasteiger charge is 2.29. The molecule has 0 amide bonds. The van der Waals surface area contributed by atoms with Gasteiger partial charge in [0, 0.05) is 0 Å². The number of ketones is 1. The molecular formula is C13H16F2O3S. The highest BCUT2D eigenvalue weighted by atomic mass is 32.2. The van der Waals surface area contributed by atoms with Crippen LogP contribution in [0.5, 0.6) is 0 Å². The number of sulfone groups is 1. The SMILES string of the molecule is CC(C)C(C)S(=O)(=O)CC(=O)c1c(F)cccc1F. The lowest BCUT2D eigenvalue weighted by Gasteiger charge is -2.16. The first-order valence-corrected chi connectivity index (χ1v) is 7.57. The topological polar surface area (TPSA) is 51.2 Å². The first kappa shape index (κ1) is 15.8. The smallest absolute Gasteiger partial charge is 0.183 e. The van der Waals surface area contributed by atoms with Crippen molar-refractivity contribution in [2.75, 3.05) is 5.75 Å². The van der Waals surface area contributed by atoms with E-state index in [4.69, 9.17) is 0 Å². The highest BCUT2D eigenvalue weighted by Crippen LogP contribution is 2.17. The Bertz CT molecular complexity index is 559. The molecule has 0 bridgehead atoms. The first-order valence-electron chi connectivity index (χ1n) is 5.85. The summed E-state index contributed by atoms with van der Waals surface area (Å²) in [4.78, 5) is 11.8. The van der Waals surface area contributed by atoms with Crippen LogP contribution in [0.2, 0.25) is 0 Å². The van der Waals surface area contributed by atoms with Crippen molar-refractivity contribution >= 4 is 15.6 Å². The zero-order chi connectivity index (χ0) is 14.8. The number of carbonyl (C=O) groups is 1. The second kappa shape index (κ2) is 5.77. The summed E-state index contributed by atoms with van der Waals surface area (Å²) in [7, 11) is -3.72. The number of benzene rings is 1.